The fourth-order valence-electron chi connectivity index (χ4n) is 3.33. The zero-order valence-corrected chi connectivity index (χ0v) is 13.9. The van der Waals surface area contributed by atoms with Gasteiger partial charge in [0.1, 0.15) is 0 Å². The molecule has 1 aromatic carbocycles. The number of primary amides is 1. The normalized spacial score (nSPS) is 20.2. The fraction of sp³-hybridized carbons (Fsp3) is 0.389. The topological polar surface area (TPSA) is 46.3 Å². The zero-order valence-electron chi connectivity index (χ0n) is 13.1. The van der Waals surface area contributed by atoms with E-state index >= 15 is 0 Å². The van der Waals surface area contributed by atoms with Crippen molar-refractivity contribution in [2.45, 2.75) is 38.8 Å². The average molecular weight is 314 g/mol. The van der Waals surface area contributed by atoms with E-state index in [2.05, 4.69) is 54.5 Å². The molecule has 1 saturated heterocycles. The second kappa shape index (κ2) is 6.23. The minimum absolute atomic E-state index is 0.116. The molecule has 4 heteroatoms. The van der Waals surface area contributed by atoms with Crippen molar-refractivity contribution in [3.05, 3.63) is 46.8 Å². The molecule has 0 saturated carbocycles. The summed E-state index contributed by atoms with van der Waals surface area (Å²) in [6, 6.07) is 11.0. The van der Waals surface area contributed by atoms with Gasteiger partial charge in [0.25, 0.3) is 0 Å². The molecule has 2 atom stereocenters. The Labute approximate surface area is 135 Å². The van der Waals surface area contributed by atoms with Crippen LogP contribution in [0.5, 0.6) is 0 Å². The number of carbonyl (C=O) groups is 1. The van der Waals surface area contributed by atoms with Gasteiger partial charge in [0.05, 0.1) is 6.04 Å². The Hall–Kier alpha value is -1.65. The van der Waals surface area contributed by atoms with Crippen LogP contribution in [0.1, 0.15) is 36.9 Å². The van der Waals surface area contributed by atoms with Gasteiger partial charge in [-0.3, -0.25) is 9.69 Å². The van der Waals surface area contributed by atoms with Gasteiger partial charge in [-0.05, 0) is 61.4 Å². The molecule has 0 bridgehead atoms. The van der Waals surface area contributed by atoms with Crippen LogP contribution in [-0.4, -0.2) is 23.4 Å². The summed E-state index contributed by atoms with van der Waals surface area (Å²) in [5.74, 6) is -0.199. The van der Waals surface area contributed by atoms with E-state index in [1.54, 1.807) is 11.3 Å². The highest BCUT2D eigenvalue weighted by Crippen LogP contribution is 2.32. The number of nitrogens with zero attached hydrogens (tertiary/aromatic N) is 1. The number of likely N-dealkylation sites (tertiary alicyclic amines) is 1. The van der Waals surface area contributed by atoms with Gasteiger partial charge in [0, 0.05) is 10.9 Å². The molecule has 2 aromatic rings. The van der Waals surface area contributed by atoms with Crippen molar-refractivity contribution in [3.8, 4) is 10.4 Å². The molecule has 3 nitrogen and oxygen atoms in total. The summed E-state index contributed by atoms with van der Waals surface area (Å²) < 4.78 is 0. The zero-order chi connectivity index (χ0) is 15.7. The molecule has 116 valence electrons. The number of carbonyl (C=O) groups excluding carboxylic acids is 1. The van der Waals surface area contributed by atoms with Crippen LogP contribution in [0.15, 0.2) is 35.7 Å². The summed E-state index contributed by atoms with van der Waals surface area (Å²) in [5.41, 5.74) is 9.35. The Bertz CT molecular complexity index is 662. The molecule has 1 unspecified atom stereocenters. The molecule has 1 fully saturated rings. The first-order valence-electron chi connectivity index (χ1n) is 7.77. The van der Waals surface area contributed by atoms with Crippen LogP contribution in [0.3, 0.4) is 0 Å². The standard InChI is InChI=1S/C18H22N2OS/c1-12-9-11-22-17(12)15-7-5-14(6-8-15)13(2)20-10-3-4-16(20)18(19)21/h5-9,11,13,16H,3-4,10H2,1-2H3,(H2,19,21)/t13-,16?/m0/s1. The molecule has 1 aliphatic rings. The van der Waals surface area contributed by atoms with Crippen LogP contribution >= 0.6 is 11.3 Å². The van der Waals surface area contributed by atoms with Crippen molar-refractivity contribution in [2.75, 3.05) is 6.54 Å². The van der Waals surface area contributed by atoms with E-state index in [4.69, 9.17) is 5.73 Å². The van der Waals surface area contributed by atoms with Gasteiger partial charge in [0.2, 0.25) is 5.91 Å². The summed E-state index contributed by atoms with van der Waals surface area (Å²) in [4.78, 5) is 15.1. The number of hydrogen-bond acceptors (Lipinski definition) is 3. The number of benzene rings is 1. The van der Waals surface area contributed by atoms with E-state index in [-0.39, 0.29) is 18.0 Å². The van der Waals surface area contributed by atoms with E-state index in [1.807, 2.05) is 0 Å². The lowest BCUT2D eigenvalue weighted by Crippen LogP contribution is -2.41. The van der Waals surface area contributed by atoms with E-state index in [1.165, 1.54) is 21.6 Å². The second-order valence-corrected chi connectivity index (χ2v) is 6.95. The van der Waals surface area contributed by atoms with Gasteiger partial charge >= 0.3 is 0 Å². The minimum atomic E-state index is -0.199. The molecular formula is C18H22N2OS. The predicted octanol–water partition coefficient (Wildman–Crippen LogP) is 3.73. The van der Waals surface area contributed by atoms with Crippen molar-refractivity contribution >= 4 is 17.2 Å². The van der Waals surface area contributed by atoms with Gasteiger partial charge in [-0.25, -0.2) is 0 Å². The average Bonchev–Trinajstić information content (AvgIpc) is 3.15. The SMILES string of the molecule is Cc1ccsc1-c1ccc([C@H](C)N2CCCC2C(N)=O)cc1. The Morgan fingerprint density at radius 3 is 2.64 bits per heavy atom. The van der Waals surface area contributed by atoms with Gasteiger partial charge in [0.15, 0.2) is 0 Å². The summed E-state index contributed by atoms with van der Waals surface area (Å²) in [5, 5.41) is 2.13. The maximum absolute atomic E-state index is 11.6. The van der Waals surface area contributed by atoms with Crippen molar-refractivity contribution in [3.63, 3.8) is 0 Å². The summed E-state index contributed by atoms with van der Waals surface area (Å²) in [7, 11) is 0. The highest BCUT2D eigenvalue weighted by molar-refractivity contribution is 7.13. The quantitative estimate of drug-likeness (QED) is 0.934. The molecule has 0 aliphatic carbocycles. The molecule has 3 rings (SSSR count). The van der Waals surface area contributed by atoms with Crippen molar-refractivity contribution in [1.29, 1.82) is 0 Å². The Morgan fingerprint density at radius 1 is 1.32 bits per heavy atom. The lowest BCUT2D eigenvalue weighted by atomic mass is 10.0. The molecule has 0 radical (unpaired) electrons. The van der Waals surface area contributed by atoms with E-state index < -0.39 is 0 Å². The maximum Gasteiger partial charge on any atom is 0.234 e. The first-order chi connectivity index (χ1) is 10.6. The Kier molecular flexibility index (Phi) is 4.32. The third-order valence-corrected chi connectivity index (χ3v) is 5.70. The third kappa shape index (κ3) is 2.81. The highest BCUT2D eigenvalue weighted by Gasteiger charge is 2.32. The third-order valence-electron chi connectivity index (χ3n) is 4.64. The van der Waals surface area contributed by atoms with Crippen molar-refractivity contribution in [1.82, 2.24) is 4.90 Å². The fourth-order valence-corrected chi connectivity index (χ4v) is 4.27. The number of hydrogen-bond donors (Lipinski definition) is 1. The van der Waals surface area contributed by atoms with E-state index in [9.17, 15) is 4.79 Å². The van der Waals surface area contributed by atoms with E-state index in [0.717, 1.165) is 19.4 Å². The summed E-state index contributed by atoms with van der Waals surface area (Å²) in [6.45, 7) is 5.25. The molecule has 22 heavy (non-hydrogen) atoms. The summed E-state index contributed by atoms with van der Waals surface area (Å²) in [6.07, 6.45) is 1.93. The van der Waals surface area contributed by atoms with Crippen LogP contribution in [-0.2, 0) is 4.79 Å². The number of aryl methyl sites for hydroxylation is 1. The molecule has 2 N–H and O–H groups in total. The van der Waals surface area contributed by atoms with Crippen LogP contribution < -0.4 is 5.73 Å². The number of thiophene rings is 1. The smallest absolute Gasteiger partial charge is 0.234 e. The number of amides is 1. The molecule has 1 aliphatic heterocycles. The molecular weight excluding hydrogens is 292 g/mol. The summed E-state index contributed by atoms with van der Waals surface area (Å²) >= 11 is 1.77. The molecule has 1 aromatic heterocycles. The van der Waals surface area contributed by atoms with Gasteiger partial charge < -0.3 is 5.73 Å². The highest BCUT2D eigenvalue weighted by atomic mass is 32.1. The number of rotatable bonds is 4. The largest absolute Gasteiger partial charge is 0.368 e. The number of nitrogens with two attached hydrogens (primary N) is 1. The minimum Gasteiger partial charge on any atom is -0.368 e. The van der Waals surface area contributed by atoms with E-state index in [0.29, 0.717) is 0 Å². The second-order valence-electron chi connectivity index (χ2n) is 6.03. The van der Waals surface area contributed by atoms with Crippen LogP contribution in [0.25, 0.3) is 10.4 Å². The van der Waals surface area contributed by atoms with Gasteiger partial charge in [-0.1, -0.05) is 24.3 Å². The lowest BCUT2D eigenvalue weighted by molar-refractivity contribution is -0.122. The first-order valence-corrected chi connectivity index (χ1v) is 8.65. The molecule has 1 amide bonds. The Morgan fingerprint density at radius 2 is 2.05 bits per heavy atom. The molecule has 2 heterocycles. The van der Waals surface area contributed by atoms with Crippen LogP contribution in [0.2, 0.25) is 0 Å². The monoisotopic (exact) mass is 314 g/mol. The van der Waals surface area contributed by atoms with Gasteiger partial charge in [-0.2, -0.15) is 0 Å². The molecule has 0 spiro atoms. The van der Waals surface area contributed by atoms with Crippen LogP contribution in [0, 0.1) is 6.92 Å². The maximum atomic E-state index is 11.6. The Balaban J connectivity index is 1.81. The van der Waals surface area contributed by atoms with Gasteiger partial charge in [-0.15, -0.1) is 11.3 Å². The first kappa shape index (κ1) is 15.3. The van der Waals surface area contributed by atoms with Crippen molar-refractivity contribution < 1.29 is 4.79 Å². The van der Waals surface area contributed by atoms with Crippen LogP contribution in [0.4, 0.5) is 0 Å². The lowest BCUT2D eigenvalue weighted by Gasteiger charge is -2.29. The van der Waals surface area contributed by atoms with Crippen molar-refractivity contribution in [2.24, 2.45) is 5.73 Å². The predicted molar refractivity (Wildman–Crippen MR) is 91.8 cm³/mol.